The third-order valence-corrected chi connectivity index (χ3v) is 9.76. The van der Waals surface area contributed by atoms with Gasteiger partial charge in [0.1, 0.15) is 17.3 Å². The van der Waals surface area contributed by atoms with Gasteiger partial charge in [-0.25, -0.2) is 0 Å². The van der Waals surface area contributed by atoms with Crippen LogP contribution in [0.4, 0.5) is 11.4 Å². The summed E-state index contributed by atoms with van der Waals surface area (Å²) >= 11 is 12.3. The standard InChI is InChI=1S/C29H36ClN7OS/c1-20-26(17-24(30)25(18-31)33-20)36-27(38)29(9-2-10-29)37(28(36)39)23-5-3-22(4-6-23)35-13-7-21(8-14-35)19-34-15-11-32-12-16-34/h3-6,17,20-21,32-33H,2,7-16,19H2,1H3. The van der Waals surface area contributed by atoms with E-state index in [1.54, 1.807) is 11.0 Å². The fourth-order valence-electron chi connectivity index (χ4n) is 6.68. The number of dihydropyridines is 1. The van der Waals surface area contributed by atoms with Gasteiger partial charge in [-0.15, -0.1) is 0 Å². The normalized spacial score (nSPS) is 26.0. The minimum atomic E-state index is -0.646. The quantitative estimate of drug-likeness (QED) is 0.525. The lowest BCUT2D eigenvalue weighted by molar-refractivity contribution is -0.132. The number of hydrogen-bond acceptors (Lipinski definition) is 7. The molecule has 4 heterocycles. The first kappa shape index (κ1) is 26.6. The second kappa shape index (κ2) is 10.7. The van der Waals surface area contributed by atoms with Gasteiger partial charge in [-0.2, -0.15) is 5.26 Å². The predicted molar refractivity (Wildman–Crippen MR) is 158 cm³/mol. The molecule has 1 aliphatic carbocycles. The Morgan fingerprint density at radius 1 is 1.10 bits per heavy atom. The molecule has 1 aromatic rings. The average Bonchev–Trinajstić information content (AvgIpc) is 3.17. The molecule has 0 aromatic heterocycles. The summed E-state index contributed by atoms with van der Waals surface area (Å²) in [4.78, 5) is 22.7. The number of piperazine rings is 1. The van der Waals surface area contributed by atoms with E-state index in [4.69, 9.17) is 23.8 Å². The Morgan fingerprint density at radius 2 is 1.77 bits per heavy atom. The Hall–Kier alpha value is -2.64. The molecule has 0 radical (unpaired) electrons. The molecule has 206 valence electrons. The van der Waals surface area contributed by atoms with Crippen LogP contribution in [0, 0.1) is 17.2 Å². The molecule has 5 aliphatic rings. The topological polar surface area (TPSA) is 77.9 Å². The van der Waals surface area contributed by atoms with Crippen molar-refractivity contribution in [3.63, 3.8) is 0 Å². The van der Waals surface area contributed by atoms with E-state index < -0.39 is 5.54 Å². The van der Waals surface area contributed by atoms with E-state index in [0.29, 0.717) is 21.5 Å². The van der Waals surface area contributed by atoms with Crippen molar-refractivity contribution in [3.05, 3.63) is 46.8 Å². The van der Waals surface area contributed by atoms with E-state index in [1.807, 2.05) is 6.92 Å². The number of benzene rings is 1. The molecule has 2 N–H and O–H groups in total. The number of hydrogen-bond donors (Lipinski definition) is 2. The largest absolute Gasteiger partial charge is 0.372 e. The molecule has 1 amide bonds. The minimum Gasteiger partial charge on any atom is -0.372 e. The highest BCUT2D eigenvalue weighted by molar-refractivity contribution is 7.80. The van der Waals surface area contributed by atoms with Crippen LogP contribution in [0.2, 0.25) is 0 Å². The molecule has 1 atom stereocenters. The van der Waals surface area contributed by atoms with Crippen molar-refractivity contribution >= 4 is 46.2 Å². The Morgan fingerprint density at radius 3 is 2.38 bits per heavy atom. The zero-order chi connectivity index (χ0) is 27.1. The summed E-state index contributed by atoms with van der Waals surface area (Å²) in [6.45, 7) is 9.83. The van der Waals surface area contributed by atoms with Gasteiger partial charge < -0.3 is 25.3 Å². The maximum atomic E-state index is 13.9. The fourth-order valence-corrected chi connectivity index (χ4v) is 7.36. The van der Waals surface area contributed by atoms with Gasteiger partial charge in [-0.3, -0.25) is 9.69 Å². The second-order valence-corrected chi connectivity index (χ2v) is 12.2. The maximum absolute atomic E-state index is 13.9. The molecule has 8 nitrogen and oxygen atoms in total. The van der Waals surface area contributed by atoms with Crippen LogP contribution >= 0.6 is 23.8 Å². The number of amides is 1. The number of anilines is 2. The Labute approximate surface area is 241 Å². The molecule has 3 saturated heterocycles. The molecule has 1 unspecified atom stereocenters. The molecule has 1 spiro atoms. The van der Waals surface area contributed by atoms with Crippen molar-refractivity contribution in [2.75, 3.05) is 55.6 Å². The number of rotatable bonds is 5. The van der Waals surface area contributed by atoms with Crippen LogP contribution in [0.1, 0.15) is 39.0 Å². The number of carbonyl (C=O) groups excluding carboxylic acids is 1. The Bertz CT molecular complexity index is 1240. The number of allylic oxidation sites excluding steroid dienone is 3. The molecule has 4 aliphatic heterocycles. The lowest BCUT2D eigenvalue weighted by Gasteiger charge is -2.43. The van der Waals surface area contributed by atoms with E-state index >= 15 is 0 Å². The molecule has 0 bridgehead atoms. The van der Waals surface area contributed by atoms with E-state index in [2.05, 4.69) is 55.7 Å². The van der Waals surface area contributed by atoms with Gasteiger partial charge in [0.05, 0.1) is 16.8 Å². The van der Waals surface area contributed by atoms with E-state index in [-0.39, 0.29) is 11.9 Å². The molecular weight excluding hydrogens is 530 g/mol. The molecular formula is C29H36ClN7OS. The van der Waals surface area contributed by atoms with Crippen LogP contribution in [0.15, 0.2) is 46.8 Å². The number of nitriles is 1. The Kier molecular flexibility index (Phi) is 7.32. The monoisotopic (exact) mass is 565 g/mol. The van der Waals surface area contributed by atoms with E-state index in [0.717, 1.165) is 57.0 Å². The van der Waals surface area contributed by atoms with Crippen molar-refractivity contribution in [1.82, 2.24) is 20.4 Å². The molecule has 1 aromatic carbocycles. The van der Waals surface area contributed by atoms with E-state index in [1.165, 1.54) is 38.2 Å². The molecule has 39 heavy (non-hydrogen) atoms. The van der Waals surface area contributed by atoms with Gasteiger partial charge >= 0.3 is 0 Å². The molecule has 4 fully saturated rings. The van der Waals surface area contributed by atoms with Crippen LogP contribution in [-0.2, 0) is 4.79 Å². The first-order valence-electron chi connectivity index (χ1n) is 14.2. The summed E-state index contributed by atoms with van der Waals surface area (Å²) in [6, 6.07) is 10.4. The van der Waals surface area contributed by atoms with Gasteiger partial charge in [0, 0.05) is 57.2 Å². The highest BCUT2D eigenvalue weighted by Gasteiger charge is 2.60. The third kappa shape index (κ3) is 4.71. The van der Waals surface area contributed by atoms with Gasteiger partial charge in [0.2, 0.25) is 0 Å². The fraction of sp³-hybridized carbons (Fsp3) is 0.552. The number of nitrogens with one attached hydrogen (secondary N) is 2. The molecule has 6 rings (SSSR count). The smallest absolute Gasteiger partial charge is 0.259 e. The van der Waals surface area contributed by atoms with Crippen LogP contribution in [-0.4, -0.2) is 78.2 Å². The van der Waals surface area contributed by atoms with Crippen molar-refractivity contribution in [2.45, 2.75) is 50.6 Å². The van der Waals surface area contributed by atoms with Gasteiger partial charge in [0.25, 0.3) is 5.91 Å². The number of carbonyl (C=O) groups is 1. The van der Waals surface area contributed by atoms with Crippen LogP contribution < -0.4 is 20.4 Å². The predicted octanol–water partition coefficient (Wildman–Crippen LogP) is 3.51. The Balaban J connectivity index is 1.17. The SMILES string of the molecule is CC1NC(C#N)=C(Cl)C=C1N1C(=O)C2(CCC2)N(c2ccc(N3CCC(CN4CCNCC4)CC3)cc2)C1=S. The summed E-state index contributed by atoms with van der Waals surface area (Å²) in [5, 5.41) is 16.7. The second-order valence-electron chi connectivity index (χ2n) is 11.4. The summed E-state index contributed by atoms with van der Waals surface area (Å²) < 4.78 is 0. The van der Waals surface area contributed by atoms with Crippen LogP contribution in [0.5, 0.6) is 0 Å². The average molecular weight is 566 g/mol. The zero-order valence-corrected chi connectivity index (χ0v) is 24.0. The van der Waals surface area contributed by atoms with Crippen molar-refractivity contribution in [1.29, 1.82) is 5.26 Å². The van der Waals surface area contributed by atoms with Gasteiger partial charge in [-0.05, 0) is 87.5 Å². The number of piperidine rings is 1. The lowest BCUT2D eigenvalue weighted by atomic mass is 9.75. The highest BCUT2D eigenvalue weighted by Crippen LogP contribution is 2.48. The number of thiocarbonyl (C=S) groups is 1. The van der Waals surface area contributed by atoms with Crippen molar-refractivity contribution in [2.24, 2.45) is 5.92 Å². The number of halogens is 1. The van der Waals surface area contributed by atoms with Crippen molar-refractivity contribution in [3.8, 4) is 6.07 Å². The third-order valence-electron chi connectivity index (χ3n) is 9.09. The molecule has 1 saturated carbocycles. The number of nitrogens with zero attached hydrogens (tertiary/aromatic N) is 5. The maximum Gasteiger partial charge on any atom is 0.259 e. The lowest BCUT2D eigenvalue weighted by Crippen LogP contribution is -2.55. The van der Waals surface area contributed by atoms with E-state index in [9.17, 15) is 10.1 Å². The highest BCUT2D eigenvalue weighted by atomic mass is 35.5. The minimum absolute atomic E-state index is 0.000778. The first-order chi connectivity index (χ1) is 18.9. The zero-order valence-electron chi connectivity index (χ0n) is 22.5. The molecule has 10 heteroatoms. The van der Waals surface area contributed by atoms with Gasteiger partial charge in [0.15, 0.2) is 5.11 Å². The summed E-state index contributed by atoms with van der Waals surface area (Å²) in [6.07, 6.45) is 6.68. The van der Waals surface area contributed by atoms with Crippen LogP contribution in [0.25, 0.3) is 0 Å². The van der Waals surface area contributed by atoms with Crippen molar-refractivity contribution < 1.29 is 4.79 Å². The van der Waals surface area contributed by atoms with Gasteiger partial charge in [-0.1, -0.05) is 11.6 Å². The summed E-state index contributed by atoms with van der Waals surface area (Å²) in [5.41, 5.74) is 2.52. The summed E-state index contributed by atoms with van der Waals surface area (Å²) in [7, 11) is 0. The summed E-state index contributed by atoms with van der Waals surface area (Å²) in [5.74, 6) is 0.772. The van der Waals surface area contributed by atoms with Crippen LogP contribution in [0.3, 0.4) is 0 Å². The first-order valence-corrected chi connectivity index (χ1v) is 14.9.